The smallest absolute Gasteiger partial charge is 0.0569 e. The van der Waals surface area contributed by atoms with Crippen LogP contribution in [0, 0.1) is 5.92 Å². The summed E-state index contributed by atoms with van der Waals surface area (Å²) >= 11 is 0. The molecule has 0 fully saturated rings. The molecule has 0 amide bonds. The standard InChI is InChI=1S/C12H17N/c1-10-8-12(3)11(2)6-4-5-7-13-9-10/h4-6,9-10H,3,7-8H2,1-2H3/b5-4-,11-6-,13-9-. The minimum atomic E-state index is 0.502. The molecule has 1 heterocycles. The molecule has 1 atom stereocenters. The van der Waals surface area contributed by atoms with Crippen LogP contribution in [0.15, 0.2) is 40.9 Å². The van der Waals surface area contributed by atoms with Gasteiger partial charge in [0.2, 0.25) is 0 Å². The van der Waals surface area contributed by atoms with E-state index in [4.69, 9.17) is 0 Å². The lowest BCUT2D eigenvalue weighted by molar-refractivity contribution is 0.777. The maximum atomic E-state index is 4.29. The Morgan fingerprint density at radius 1 is 1.54 bits per heavy atom. The van der Waals surface area contributed by atoms with Gasteiger partial charge in [0.25, 0.3) is 0 Å². The van der Waals surface area contributed by atoms with Crippen LogP contribution in [-0.4, -0.2) is 12.8 Å². The van der Waals surface area contributed by atoms with E-state index in [9.17, 15) is 0 Å². The highest BCUT2D eigenvalue weighted by molar-refractivity contribution is 5.61. The molecule has 0 aromatic heterocycles. The minimum absolute atomic E-state index is 0.502. The third-order valence-electron chi connectivity index (χ3n) is 2.18. The van der Waals surface area contributed by atoms with Gasteiger partial charge in [0, 0.05) is 6.21 Å². The Morgan fingerprint density at radius 3 is 3.08 bits per heavy atom. The van der Waals surface area contributed by atoms with Crippen molar-refractivity contribution in [3.8, 4) is 0 Å². The topological polar surface area (TPSA) is 12.4 Å². The van der Waals surface area contributed by atoms with Crippen LogP contribution in [0.2, 0.25) is 0 Å². The van der Waals surface area contributed by atoms with Crippen LogP contribution < -0.4 is 0 Å². The summed E-state index contributed by atoms with van der Waals surface area (Å²) in [7, 11) is 0. The lowest BCUT2D eigenvalue weighted by Crippen LogP contribution is -2.00. The average molecular weight is 175 g/mol. The highest BCUT2D eigenvalue weighted by Crippen LogP contribution is 2.16. The zero-order chi connectivity index (χ0) is 9.68. The quantitative estimate of drug-likeness (QED) is 0.536. The van der Waals surface area contributed by atoms with Gasteiger partial charge in [0.05, 0.1) is 6.54 Å². The normalized spacial score (nSPS) is 33.2. The first-order valence-electron chi connectivity index (χ1n) is 4.71. The molecule has 0 bridgehead atoms. The second-order valence-electron chi connectivity index (χ2n) is 3.58. The zero-order valence-corrected chi connectivity index (χ0v) is 8.46. The van der Waals surface area contributed by atoms with E-state index in [-0.39, 0.29) is 0 Å². The predicted octanol–water partition coefficient (Wildman–Crippen LogP) is 3.16. The molecule has 0 radical (unpaired) electrons. The molecule has 13 heavy (non-hydrogen) atoms. The first-order valence-corrected chi connectivity index (χ1v) is 4.71. The fourth-order valence-electron chi connectivity index (χ4n) is 1.30. The molecule has 0 aromatic rings. The zero-order valence-electron chi connectivity index (χ0n) is 8.46. The maximum Gasteiger partial charge on any atom is 0.0569 e. The van der Waals surface area contributed by atoms with Crippen LogP contribution in [0.5, 0.6) is 0 Å². The summed E-state index contributed by atoms with van der Waals surface area (Å²) in [5, 5.41) is 0. The van der Waals surface area contributed by atoms with Gasteiger partial charge in [-0.1, -0.05) is 37.3 Å². The second kappa shape index (κ2) is 4.80. The third kappa shape index (κ3) is 3.41. The van der Waals surface area contributed by atoms with Crippen molar-refractivity contribution >= 4 is 6.21 Å². The number of rotatable bonds is 0. The fourth-order valence-corrected chi connectivity index (χ4v) is 1.30. The van der Waals surface area contributed by atoms with Crippen molar-refractivity contribution in [2.45, 2.75) is 20.3 Å². The minimum Gasteiger partial charge on any atom is -0.293 e. The van der Waals surface area contributed by atoms with E-state index in [1.165, 1.54) is 11.1 Å². The average Bonchev–Trinajstić information content (AvgIpc) is 2.09. The first-order chi connectivity index (χ1) is 6.20. The Bertz CT molecular complexity index is 269. The molecular weight excluding hydrogens is 158 g/mol. The summed E-state index contributed by atoms with van der Waals surface area (Å²) in [6.45, 7) is 9.13. The summed E-state index contributed by atoms with van der Waals surface area (Å²) in [6, 6.07) is 0. The number of hydrogen-bond donors (Lipinski definition) is 0. The van der Waals surface area contributed by atoms with Crippen molar-refractivity contribution in [3.63, 3.8) is 0 Å². The number of aliphatic imine (C=N–C) groups is 1. The van der Waals surface area contributed by atoms with Gasteiger partial charge in [-0.25, -0.2) is 0 Å². The predicted molar refractivity (Wildman–Crippen MR) is 59.2 cm³/mol. The van der Waals surface area contributed by atoms with Gasteiger partial charge >= 0.3 is 0 Å². The Kier molecular flexibility index (Phi) is 3.69. The molecule has 0 spiro atoms. The molecule has 1 aliphatic heterocycles. The molecule has 0 aliphatic carbocycles. The van der Waals surface area contributed by atoms with Gasteiger partial charge in [0.15, 0.2) is 0 Å². The van der Waals surface area contributed by atoms with Crippen LogP contribution in [0.1, 0.15) is 20.3 Å². The summed E-state index contributed by atoms with van der Waals surface area (Å²) < 4.78 is 0. The van der Waals surface area contributed by atoms with E-state index in [0.29, 0.717) is 5.92 Å². The van der Waals surface area contributed by atoms with Crippen LogP contribution >= 0.6 is 0 Å². The Morgan fingerprint density at radius 2 is 2.31 bits per heavy atom. The molecule has 70 valence electrons. The van der Waals surface area contributed by atoms with Gasteiger partial charge in [-0.15, -0.1) is 0 Å². The molecule has 1 aliphatic rings. The van der Waals surface area contributed by atoms with Crippen LogP contribution in [0.3, 0.4) is 0 Å². The highest BCUT2D eigenvalue weighted by atomic mass is 14.7. The van der Waals surface area contributed by atoms with Crippen molar-refractivity contribution < 1.29 is 0 Å². The van der Waals surface area contributed by atoms with E-state index in [2.05, 4.69) is 37.6 Å². The Balaban J connectivity index is 2.79. The van der Waals surface area contributed by atoms with Gasteiger partial charge in [-0.05, 0) is 24.8 Å². The lowest BCUT2D eigenvalue weighted by atomic mass is 9.97. The number of nitrogens with zero attached hydrogens (tertiary/aromatic N) is 1. The van der Waals surface area contributed by atoms with E-state index >= 15 is 0 Å². The molecule has 1 rings (SSSR count). The summed E-state index contributed by atoms with van der Waals surface area (Å²) in [5.41, 5.74) is 2.49. The van der Waals surface area contributed by atoms with Gasteiger partial charge < -0.3 is 0 Å². The van der Waals surface area contributed by atoms with Crippen molar-refractivity contribution in [3.05, 3.63) is 36.0 Å². The summed E-state index contributed by atoms with van der Waals surface area (Å²) in [6.07, 6.45) is 9.25. The molecule has 1 unspecified atom stereocenters. The van der Waals surface area contributed by atoms with E-state index in [1.807, 2.05) is 12.3 Å². The molecule has 0 aromatic carbocycles. The molecule has 0 saturated heterocycles. The van der Waals surface area contributed by atoms with E-state index < -0.39 is 0 Å². The maximum absolute atomic E-state index is 4.29. The summed E-state index contributed by atoms with van der Waals surface area (Å²) in [4.78, 5) is 4.29. The molecule has 0 saturated carbocycles. The fraction of sp³-hybridized carbons (Fsp3) is 0.417. The van der Waals surface area contributed by atoms with Crippen molar-refractivity contribution in [2.24, 2.45) is 10.9 Å². The van der Waals surface area contributed by atoms with Crippen molar-refractivity contribution in [2.75, 3.05) is 6.54 Å². The lowest BCUT2D eigenvalue weighted by Gasteiger charge is -2.09. The highest BCUT2D eigenvalue weighted by Gasteiger charge is 2.03. The Labute approximate surface area is 80.6 Å². The SMILES string of the molecule is C=C1CC(C)/C=N\C/C=C\C=C/1C. The van der Waals surface area contributed by atoms with Crippen LogP contribution in [0.4, 0.5) is 0 Å². The number of hydrogen-bond acceptors (Lipinski definition) is 1. The number of allylic oxidation sites excluding steroid dienone is 4. The van der Waals surface area contributed by atoms with E-state index in [0.717, 1.165) is 13.0 Å². The molecule has 1 nitrogen and oxygen atoms in total. The Hall–Kier alpha value is -1.11. The second-order valence-corrected chi connectivity index (χ2v) is 3.58. The molecule has 1 heteroatoms. The van der Waals surface area contributed by atoms with Crippen molar-refractivity contribution in [1.82, 2.24) is 0 Å². The van der Waals surface area contributed by atoms with Gasteiger partial charge in [0.1, 0.15) is 0 Å². The van der Waals surface area contributed by atoms with E-state index in [1.54, 1.807) is 0 Å². The third-order valence-corrected chi connectivity index (χ3v) is 2.18. The summed E-state index contributed by atoms with van der Waals surface area (Å²) in [5.74, 6) is 0.502. The first kappa shape index (κ1) is 9.97. The largest absolute Gasteiger partial charge is 0.293 e. The molecular formula is C12H17N. The van der Waals surface area contributed by atoms with Gasteiger partial charge in [-0.2, -0.15) is 0 Å². The van der Waals surface area contributed by atoms with Gasteiger partial charge in [-0.3, -0.25) is 4.99 Å². The van der Waals surface area contributed by atoms with Crippen molar-refractivity contribution in [1.29, 1.82) is 0 Å². The molecule has 0 N–H and O–H groups in total. The monoisotopic (exact) mass is 175 g/mol. The van der Waals surface area contributed by atoms with Crippen LogP contribution in [0.25, 0.3) is 0 Å². The van der Waals surface area contributed by atoms with Crippen LogP contribution in [-0.2, 0) is 0 Å².